The third-order valence-electron chi connectivity index (χ3n) is 3.08. The van der Waals surface area contributed by atoms with E-state index in [0.29, 0.717) is 5.56 Å². The summed E-state index contributed by atoms with van der Waals surface area (Å²) < 4.78 is 51.2. The lowest BCUT2D eigenvalue weighted by Gasteiger charge is -2.33. The summed E-state index contributed by atoms with van der Waals surface area (Å²) in [5, 5.41) is 3.24. The van der Waals surface area contributed by atoms with E-state index >= 15 is 0 Å². The Bertz CT molecular complexity index is 484. The van der Waals surface area contributed by atoms with Crippen LogP contribution in [0.1, 0.15) is 52.2 Å². The molecule has 0 aromatic heterocycles. The van der Waals surface area contributed by atoms with E-state index in [9.17, 15) is 17.6 Å². The zero-order chi connectivity index (χ0) is 16.5. The minimum atomic E-state index is -4.67. The predicted octanol–water partition coefficient (Wildman–Crippen LogP) is 5.15. The number of nitrogens with one attached hydrogen (secondary N) is 1. The average molecular weight is 305 g/mol. The van der Waals surface area contributed by atoms with Crippen LogP contribution in [0.3, 0.4) is 0 Å². The second-order valence-electron chi connectivity index (χ2n) is 7.29. The molecule has 0 unspecified atom stereocenters. The highest BCUT2D eigenvalue weighted by atomic mass is 19.4. The van der Waals surface area contributed by atoms with Crippen molar-refractivity contribution < 1.29 is 17.6 Å². The van der Waals surface area contributed by atoms with Gasteiger partial charge in [0.25, 0.3) is 0 Å². The van der Waals surface area contributed by atoms with E-state index in [4.69, 9.17) is 0 Å². The lowest BCUT2D eigenvalue weighted by Crippen LogP contribution is -2.41. The van der Waals surface area contributed by atoms with Crippen LogP contribution < -0.4 is 5.32 Å². The highest BCUT2D eigenvalue weighted by Gasteiger charge is 2.34. The molecule has 0 bridgehead atoms. The molecule has 1 rings (SSSR count). The van der Waals surface area contributed by atoms with E-state index in [1.54, 1.807) is 0 Å². The molecule has 0 radical (unpaired) electrons. The van der Waals surface area contributed by atoms with Crippen LogP contribution in [0, 0.1) is 11.2 Å². The zero-order valence-electron chi connectivity index (χ0n) is 13.2. The molecule has 0 spiro atoms. The van der Waals surface area contributed by atoms with E-state index in [1.807, 2.05) is 13.8 Å². The largest absolute Gasteiger partial charge is 0.419 e. The van der Waals surface area contributed by atoms with Crippen LogP contribution >= 0.6 is 0 Å². The van der Waals surface area contributed by atoms with Gasteiger partial charge in [-0.3, -0.25) is 0 Å². The van der Waals surface area contributed by atoms with Crippen LogP contribution in [0.15, 0.2) is 18.2 Å². The zero-order valence-corrected chi connectivity index (χ0v) is 13.2. The van der Waals surface area contributed by atoms with Crippen molar-refractivity contribution in [1.82, 2.24) is 5.32 Å². The first-order valence-electron chi connectivity index (χ1n) is 6.91. The summed E-state index contributed by atoms with van der Waals surface area (Å²) in [5.74, 6) is -1.24. The lowest BCUT2D eigenvalue weighted by molar-refractivity contribution is -0.140. The summed E-state index contributed by atoms with van der Waals surface area (Å²) in [5.41, 5.74) is -0.900. The van der Waals surface area contributed by atoms with Crippen molar-refractivity contribution in [2.75, 3.05) is 0 Å². The van der Waals surface area contributed by atoms with E-state index in [-0.39, 0.29) is 17.5 Å². The number of benzene rings is 1. The minimum Gasteiger partial charge on any atom is -0.308 e. The fraction of sp³-hybridized carbons (Fsp3) is 0.625. The Morgan fingerprint density at radius 1 is 1.00 bits per heavy atom. The number of halogens is 4. The highest BCUT2D eigenvalue weighted by molar-refractivity contribution is 5.27. The molecule has 0 heterocycles. The topological polar surface area (TPSA) is 12.0 Å². The molecule has 0 aliphatic rings. The van der Waals surface area contributed by atoms with Crippen LogP contribution in [0.4, 0.5) is 17.6 Å². The van der Waals surface area contributed by atoms with Gasteiger partial charge in [0.15, 0.2) is 0 Å². The SMILES string of the molecule is CC(C)(C)CC(C)(C)NCc1ccc(F)c(C(F)(F)F)c1. The maximum atomic E-state index is 13.2. The number of alkyl halides is 3. The van der Waals surface area contributed by atoms with Gasteiger partial charge >= 0.3 is 6.18 Å². The summed E-state index contributed by atoms with van der Waals surface area (Å²) in [7, 11) is 0. The molecule has 0 saturated carbocycles. The fourth-order valence-electron chi connectivity index (χ4n) is 2.63. The van der Waals surface area contributed by atoms with Crippen LogP contribution in [-0.2, 0) is 12.7 Å². The standard InChI is InChI=1S/C16H23F4N/c1-14(2,3)10-15(4,5)21-9-11-6-7-13(17)12(8-11)16(18,19)20/h6-8,21H,9-10H2,1-5H3. The molecule has 0 fully saturated rings. The molecular formula is C16H23F4N. The summed E-state index contributed by atoms with van der Waals surface area (Å²) in [6.45, 7) is 10.6. The first-order chi connectivity index (χ1) is 9.30. The van der Waals surface area contributed by atoms with Gasteiger partial charge in [0, 0.05) is 12.1 Å². The third-order valence-corrected chi connectivity index (χ3v) is 3.08. The predicted molar refractivity (Wildman–Crippen MR) is 76.4 cm³/mol. The van der Waals surface area contributed by atoms with Crippen LogP contribution in [-0.4, -0.2) is 5.54 Å². The molecule has 0 amide bonds. The third kappa shape index (κ3) is 6.04. The molecule has 0 aliphatic carbocycles. The normalized spacial score (nSPS) is 13.6. The van der Waals surface area contributed by atoms with Gasteiger partial charge in [0.05, 0.1) is 5.56 Å². The van der Waals surface area contributed by atoms with Crippen LogP contribution in [0.5, 0.6) is 0 Å². The Morgan fingerprint density at radius 2 is 1.57 bits per heavy atom. The Morgan fingerprint density at radius 3 is 2.05 bits per heavy atom. The number of hydrogen-bond acceptors (Lipinski definition) is 1. The molecule has 1 nitrogen and oxygen atoms in total. The first kappa shape index (κ1) is 18.0. The lowest BCUT2D eigenvalue weighted by atomic mass is 9.82. The van der Waals surface area contributed by atoms with Crippen molar-refractivity contribution in [2.45, 2.75) is 59.3 Å². The quantitative estimate of drug-likeness (QED) is 0.759. The molecule has 1 aromatic carbocycles. The minimum absolute atomic E-state index is 0.108. The maximum absolute atomic E-state index is 13.2. The summed E-state index contributed by atoms with van der Waals surface area (Å²) in [4.78, 5) is 0. The van der Waals surface area contributed by atoms with Crippen molar-refractivity contribution in [2.24, 2.45) is 5.41 Å². The van der Waals surface area contributed by atoms with Gasteiger partial charge in [-0.05, 0) is 43.4 Å². The molecule has 21 heavy (non-hydrogen) atoms. The first-order valence-corrected chi connectivity index (χ1v) is 6.91. The second-order valence-corrected chi connectivity index (χ2v) is 7.29. The van der Waals surface area contributed by atoms with Crippen molar-refractivity contribution >= 4 is 0 Å². The van der Waals surface area contributed by atoms with Crippen LogP contribution in [0.2, 0.25) is 0 Å². The molecule has 120 valence electrons. The average Bonchev–Trinajstić information content (AvgIpc) is 2.23. The molecular weight excluding hydrogens is 282 g/mol. The Kier molecular flexibility index (Phi) is 5.09. The summed E-state index contributed by atoms with van der Waals surface area (Å²) in [6.07, 6.45) is -3.80. The second kappa shape index (κ2) is 5.95. The van der Waals surface area contributed by atoms with Gasteiger partial charge in [-0.2, -0.15) is 13.2 Å². The molecule has 0 atom stereocenters. The summed E-state index contributed by atoms with van der Waals surface area (Å²) in [6, 6.07) is 3.12. The van der Waals surface area contributed by atoms with E-state index in [1.165, 1.54) is 6.07 Å². The Labute approximate surface area is 123 Å². The van der Waals surface area contributed by atoms with Gasteiger partial charge in [0.2, 0.25) is 0 Å². The van der Waals surface area contributed by atoms with E-state index < -0.39 is 17.6 Å². The van der Waals surface area contributed by atoms with Gasteiger partial charge in [-0.15, -0.1) is 0 Å². The van der Waals surface area contributed by atoms with Crippen molar-refractivity contribution in [1.29, 1.82) is 0 Å². The molecule has 0 saturated heterocycles. The van der Waals surface area contributed by atoms with E-state index in [0.717, 1.165) is 18.6 Å². The van der Waals surface area contributed by atoms with Gasteiger partial charge < -0.3 is 5.32 Å². The van der Waals surface area contributed by atoms with Gasteiger partial charge in [-0.25, -0.2) is 4.39 Å². The smallest absolute Gasteiger partial charge is 0.308 e. The molecule has 1 aromatic rings. The van der Waals surface area contributed by atoms with Crippen molar-refractivity contribution in [3.8, 4) is 0 Å². The monoisotopic (exact) mass is 305 g/mol. The van der Waals surface area contributed by atoms with Crippen molar-refractivity contribution in [3.05, 3.63) is 35.1 Å². The maximum Gasteiger partial charge on any atom is 0.419 e. The van der Waals surface area contributed by atoms with Gasteiger partial charge in [-0.1, -0.05) is 26.8 Å². The van der Waals surface area contributed by atoms with E-state index in [2.05, 4.69) is 26.1 Å². The molecule has 5 heteroatoms. The summed E-state index contributed by atoms with van der Waals surface area (Å²) >= 11 is 0. The Hall–Kier alpha value is -1.10. The number of rotatable bonds is 4. The van der Waals surface area contributed by atoms with Crippen molar-refractivity contribution in [3.63, 3.8) is 0 Å². The van der Waals surface area contributed by atoms with Crippen LogP contribution in [0.25, 0.3) is 0 Å². The molecule has 0 aliphatic heterocycles. The Balaban J connectivity index is 2.81. The van der Waals surface area contributed by atoms with Gasteiger partial charge in [0.1, 0.15) is 5.82 Å². The molecule has 1 N–H and O–H groups in total. The fourth-order valence-corrected chi connectivity index (χ4v) is 2.63. The number of hydrogen-bond donors (Lipinski definition) is 1. The highest BCUT2D eigenvalue weighted by Crippen LogP contribution is 2.32.